The summed E-state index contributed by atoms with van der Waals surface area (Å²) in [6, 6.07) is -0.710. The van der Waals surface area contributed by atoms with Crippen molar-refractivity contribution in [2.75, 3.05) is 13.2 Å². The summed E-state index contributed by atoms with van der Waals surface area (Å²) in [5.41, 5.74) is 0. The van der Waals surface area contributed by atoms with Crippen LogP contribution in [0.1, 0.15) is 213 Å². The molecule has 1 aliphatic heterocycles. The molecule has 9 nitrogen and oxygen atoms in total. The quantitative estimate of drug-likeness (QED) is 0.0346. The minimum atomic E-state index is -1.54. The van der Waals surface area contributed by atoms with Crippen molar-refractivity contribution in [1.82, 2.24) is 5.32 Å². The van der Waals surface area contributed by atoms with Gasteiger partial charge in [0.25, 0.3) is 0 Å². The van der Waals surface area contributed by atoms with Crippen molar-refractivity contribution in [2.45, 2.75) is 256 Å². The number of unbranched alkanes of at least 4 members (excludes halogenated alkanes) is 28. The Labute approximate surface area is 319 Å². The second-order valence-electron chi connectivity index (χ2n) is 15.8. The first kappa shape index (κ1) is 49.2. The Morgan fingerprint density at radius 3 is 1.29 bits per heavy atom. The van der Waals surface area contributed by atoms with Gasteiger partial charge in [-0.15, -0.1) is 0 Å². The van der Waals surface area contributed by atoms with Gasteiger partial charge in [-0.3, -0.25) is 4.79 Å². The van der Waals surface area contributed by atoms with Crippen LogP contribution in [0.15, 0.2) is 0 Å². The summed E-state index contributed by atoms with van der Waals surface area (Å²) in [5, 5.41) is 53.2. The number of aliphatic hydroxyl groups excluding tert-OH is 5. The molecule has 0 aromatic heterocycles. The largest absolute Gasteiger partial charge is 0.394 e. The zero-order valence-electron chi connectivity index (χ0n) is 33.8. The smallest absolute Gasteiger partial charge is 0.220 e. The molecule has 0 radical (unpaired) electrons. The summed E-state index contributed by atoms with van der Waals surface area (Å²) < 4.78 is 11.0. The Balaban J connectivity index is 1.92. The monoisotopic (exact) mass is 744 g/mol. The van der Waals surface area contributed by atoms with Gasteiger partial charge in [0.1, 0.15) is 24.4 Å². The fourth-order valence-electron chi connectivity index (χ4n) is 7.36. The first-order valence-corrected chi connectivity index (χ1v) is 22.2. The summed E-state index contributed by atoms with van der Waals surface area (Å²) in [6.45, 7) is 3.32. The van der Waals surface area contributed by atoms with E-state index >= 15 is 0 Å². The minimum Gasteiger partial charge on any atom is -0.394 e. The molecule has 310 valence electrons. The van der Waals surface area contributed by atoms with Crippen molar-refractivity contribution in [1.29, 1.82) is 0 Å². The Bertz CT molecular complexity index is 786. The van der Waals surface area contributed by atoms with Gasteiger partial charge >= 0.3 is 0 Å². The Kier molecular flexibility index (Phi) is 32.8. The normalized spacial score (nSPS) is 21.7. The van der Waals surface area contributed by atoms with Crippen molar-refractivity contribution in [3.8, 4) is 0 Å². The number of hydrogen-bond acceptors (Lipinski definition) is 8. The van der Waals surface area contributed by atoms with Crippen LogP contribution in [0.2, 0.25) is 0 Å². The fraction of sp³-hybridized carbons (Fsp3) is 0.977. The Morgan fingerprint density at radius 1 is 0.577 bits per heavy atom. The molecule has 1 saturated heterocycles. The number of amides is 1. The van der Waals surface area contributed by atoms with E-state index in [1.54, 1.807) is 6.92 Å². The maximum atomic E-state index is 12.1. The van der Waals surface area contributed by atoms with E-state index in [0.717, 1.165) is 19.3 Å². The molecule has 1 amide bonds. The third kappa shape index (κ3) is 25.3. The van der Waals surface area contributed by atoms with Crippen LogP contribution in [0.5, 0.6) is 0 Å². The van der Waals surface area contributed by atoms with E-state index in [1.165, 1.54) is 167 Å². The molecule has 1 fully saturated rings. The summed E-state index contributed by atoms with van der Waals surface area (Å²) in [7, 11) is 0. The van der Waals surface area contributed by atoms with E-state index in [4.69, 9.17) is 9.47 Å². The molecular weight excluding hydrogens is 658 g/mol. The second kappa shape index (κ2) is 34.7. The number of nitrogens with one attached hydrogen (secondary N) is 1. The zero-order chi connectivity index (χ0) is 38.1. The van der Waals surface area contributed by atoms with Gasteiger partial charge in [0.15, 0.2) is 6.29 Å². The molecule has 0 saturated carbocycles. The van der Waals surface area contributed by atoms with Gasteiger partial charge in [-0.1, -0.05) is 200 Å². The molecule has 1 rings (SSSR count). The van der Waals surface area contributed by atoms with Crippen molar-refractivity contribution in [3.63, 3.8) is 0 Å². The number of rotatable bonds is 37. The van der Waals surface area contributed by atoms with Crippen molar-refractivity contribution >= 4 is 5.91 Å². The van der Waals surface area contributed by atoms with E-state index in [-0.39, 0.29) is 18.9 Å². The van der Waals surface area contributed by atoms with Crippen molar-refractivity contribution in [3.05, 3.63) is 0 Å². The van der Waals surface area contributed by atoms with Crippen LogP contribution in [0.25, 0.3) is 0 Å². The maximum Gasteiger partial charge on any atom is 0.220 e. The Morgan fingerprint density at radius 2 is 0.942 bits per heavy atom. The molecule has 0 aromatic carbocycles. The average Bonchev–Trinajstić information content (AvgIpc) is 3.15. The van der Waals surface area contributed by atoms with E-state index in [2.05, 4.69) is 12.2 Å². The summed E-state index contributed by atoms with van der Waals surface area (Å²) >= 11 is 0. The lowest BCUT2D eigenvalue weighted by atomic mass is 9.99. The second-order valence-corrected chi connectivity index (χ2v) is 15.8. The van der Waals surface area contributed by atoms with Crippen molar-refractivity contribution < 1.29 is 39.8 Å². The van der Waals surface area contributed by atoms with E-state index in [1.807, 2.05) is 0 Å². The lowest BCUT2D eigenvalue weighted by Gasteiger charge is -2.40. The van der Waals surface area contributed by atoms with Crippen LogP contribution >= 0.6 is 0 Å². The first-order chi connectivity index (χ1) is 25.3. The van der Waals surface area contributed by atoms with Gasteiger partial charge in [-0.25, -0.2) is 0 Å². The molecule has 0 aromatic rings. The summed E-state index contributed by atoms with van der Waals surface area (Å²) in [4.78, 5) is 12.1. The molecule has 1 heterocycles. The van der Waals surface area contributed by atoms with Crippen LogP contribution in [-0.4, -0.2) is 87.5 Å². The van der Waals surface area contributed by atoms with E-state index < -0.39 is 49.5 Å². The molecule has 1 aliphatic rings. The van der Waals surface area contributed by atoms with Crippen LogP contribution in [-0.2, 0) is 14.3 Å². The van der Waals surface area contributed by atoms with E-state index in [9.17, 15) is 30.3 Å². The molecule has 7 atom stereocenters. The highest BCUT2D eigenvalue weighted by Gasteiger charge is 2.44. The third-order valence-corrected chi connectivity index (χ3v) is 11.0. The fourth-order valence-corrected chi connectivity index (χ4v) is 7.36. The minimum absolute atomic E-state index is 0.144. The van der Waals surface area contributed by atoms with Gasteiger partial charge in [0.05, 0.1) is 25.4 Å². The maximum absolute atomic E-state index is 12.1. The van der Waals surface area contributed by atoms with E-state index in [0.29, 0.717) is 6.42 Å². The number of aliphatic hydroxyl groups is 5. The topological polar surface area (TPSA) is 149 Å². The molecule has 0 spiro atoms. The average molecular weight is 744 g/mol. The summed E-state index contributed by atoms with van der Waals surface area (Å²) in [5.74, 6) is -0.230. The molecule has 0 bridgehead atoms. The predicted molar refractivity (Wildman–Crippen MR) is 212 cm³/mol. The number of hydrogen-bond donors (Lipinski definition) is 6. The molecule has 9 heteroatoms. The molecule has 7 unspecified atom stereocenters. The highest BCUT2D eigenvalue weighted by molar-refractivity contribution is 5.75. The van der Waals surface area contributed by atoms with Crippen molar-refractivity contribution in [2.24, 2.45) is 0 Å². The van der Waals surface area contributed by atoms with Gasteiger partial charge in [-0.05, 0) is 6.42 Å². The standard InChI is InChI=1S/C43H85NO8/c1-3-5-6-7-8-9-10-11-12-13-14-15-16-17-18-19-20-21-22-23-24-25-26-27-28-29-30-31-32-33-37(46)36(44-39(47)4-2)35-51-43-42(50)41(49)40(48)38(34-45)52-43/h36-38,40-43,45-46,48-50H,3-35H2,1-2H3,(H,44,47). The Hall–Kier alpha value is -0.810. The lowest BCUT2D eigenvalue weighted by Crippen LogP contribution is -2.60. The van der Waals surface area contributed by atoms with Gasteiger partial charge in [-0.2, -0.15) is 0 Å². The van der Waals surface area contributed by atoms with Crippen LogP contribution < -0.4 is 5.32 Å². The number of carbonyl (C=O) groups is 1. The number of carbonyl (C=O) groups excluding carboxylic acids is 1. The van der Waals surface area contributed by atoms with Gasteiger partial charge in [0, 0.05) is 6.42 Å². The van der Waals surface area contributed by atoms with Gasteiger partial charge in [0.2, 0.25) is 5.91 Å². The number of ether oxygens (including phenoxy) is 2. The first-order valence-electron chi connectivity index (χ1n) is 22.2. The van der Waals surface area contributed by atoms with Crippen LogP contribution in [0.4, 0.5) is 0 Å². The predicted octanol–water partition coefficient (Wildman–Crippen LogP) is 8.78. The zero-order valence-corrected chi connectivity index (χ0v) is 33.8. The molecule has 52 heavy (non-hydrogen) atoms. The lowest BCUT2D eigenvalue weighted by molar-refractivity contribution is -0.302. The van der Waals surface area contributed by atoms with Crippen LogP contribution in [0.3, 0.4) is 0 Å². The SMILES string of the molecule is CCCCCCCCCCCCCCCCCCCCCCCCCCCCCCCC(O)C(COC1OC(CO)C(O)C(O)C1O)NC(=O)CC. The highest BCUT2D eigenvalue weighted by atomic mass is 16.7. The molecule has 6 N–H and O–H groups in total. The summed E-state index contributed by atoms with van der Waals surface area (Å²) in [6.07, 6.45) is 32.4. The van der Waals surface area contributed by atoms with Crippen LogP contribution in [0, 0.1) is 0 Å². The molecule has 0 aliphatic carbocycles. The van der Waals surface area contributed by atoms with Gasteiger partial charge < -0.3 is 40.3 Å². The highest BCUT2D eigenvalue weighted by Crippen LogP contribution is 2.23. The third-order valence-electron chi connectivity index (χ3n) is 11.0. The molecular formula is C43H85NO8.